The van der Waals surface area contributed by atoms with E-state index in [2.05, 4.69) is 13.8 Å². The standard InChI is InChI=1S/C6H13OP.BH3/c1-5-3-7-4-6(2)8-5;/h5-6,8H,3-4H2,1-2H3;1H3/t5-,6-;/m1./s1. The van der Waals surface area contributed by atoms with E-state index in [1.54, 1.807) is 0 Å². The molecule has 0 bridgehead atoms. The third-order valence-corrected chi connectivity index (χ3v) is 2.78. The molecule has 1 heterocycles. The molecule has 0 aromatic rings. The Bertz CT molecular complexity index is 71.5. The molecule has 0 radical (unpaired) electrons. The lowest BCUT2D eigenvalue weighted by atomic mass is 10.4. The van der Waals surface area contributed by atoms with E-state index in [1.807, 2.05) is 0 Å². The Hall–Kier alpha value is 0.455. The van der Waals surface area contributed by atoms with Crippen molar-refractivity contribution in [3.63, 3.8) is 0 Å². The largest absolute Gasteiger partial charge is 0.380 e. The van der Waals surface area contributed by atoms with Crippen LogP contribution in [0.15, 0.2) is 0 Å². The van der Waals surface area contributed by atoms with Gasteiger partial charge in [0.15, 0.2) is 0 Å². The van der Waals surface area contributed by atoms with Crippen molar-refractivity contribution in [1.82, 2.24) is 0 Å². The van der Waals surface area contributed by atoms with Crippen LogP contribution in [0, 0.1) is 0 Å². The summed E-state index contributed by atoms with van der Waals surface area (Å²) in [6.07, 6.45) is 0. The first-order valence-electron chi connectivity index (χ1n) is 3.13. The van der Waals surface area contributed by atoms with E-state index in [0.717, 1.165) is 33.1 Å². The number of rotatable bonds is 0. The van der Waals surface area contributed by atoms with Gasteiger partial charge in [-0.05, 0) is 11.3 Å². The molecular formula is C6H16BOP. The minimum absolute atomic E-state index is 0. The van der Waals surface area contributed by atoms with Crippen LogP contribution in [0.25, 0.3) is 0 Å². The molecule has 9 heavy (non-hydrogen) atoms. The third-order valence-electron chi connectivity index (χ3n) is 1.30. The molecule has 0 saturated carbocycles. The van der Waals surface area contributed by atoms with E-state index < -0.39 is 0 Å². The van der Waals surface area contributed by atoms with Crippen molar-refractivity contribution in [2.75, 3.05) is 13.2 Å². The summed E-state index contributed by atoms with van der Waals surface area (Å²) in [5.41, 5.74) is 1.64. The summed E-state index contributed by atoms with van der Waals surface area (Å²) in [6, 6.07) is 0. The summed E-state index contributed by atoms with van der Waals surface area (Å²) in [5, 5.41) is 0. The fourth-order valence-electron chi connectivity index (χ4n) is 1.00. The maximum atomic E-state index is 5.30. The van der Waals surface area contributed by atoms with E-state index in [1.165, 1.54) is 0 Å². The second kappa shape index (κ2) is 4.30. The smallest absolute Gasteiger partial charge is 0.0814 e. The molecule has 0 N–H and O–H groups in total. The molecule has 1 rings (SSSR count). The highest BCUT2D eigenvalue weighted by molar-refractivity contribution is 7.39. The molecule has 0 aliphatic carbocycles. The Morgan fingerprint density at radius 3 is 1.89 bits per heavy atom. The van der Waals surface area contributed by atoms with Gasteiger partial charge in [0.05, 0.1) is 21.6 Å². The fourth-order valence-corrected chi connectivity index (χ4v) is 2.40. The van der Waals surface area contributed by atoms with Gasteiger partial charge in [0.2, 0.25) is 0 Å². The molecule has 1 aliphatic rings. The normalized spacial score (nSPS) is 35.3. The van der Waals surface area contributed by atoms with E-state index in [0.29, 0.717) is 0 Å². The highest BCUT2D eigenvalue weighted by Gasteiger charge is 2.13. The lowest BCUT2D eigenvalue weighted by Crippen LogP contribution is -2.21. The van der Waals surface area contributed by atoms with Gasteiger partial charge in [-0.25, -0.2) is 0 Å². The van der Waals surface area contributed by atoms with Gasteiger partial charge in [-0.3, -0.25) is 0 Å². The molecule has 0 spiro atoms. The SMILES string of the molecule is B.C[C@@H]1COC[C@@H](C)P1. The van der Waals surface area contributed by atoms with Crippen LogP contribution < -0.4 is 0 Å². The summed E-state index contributed by atoms with van der Waals surface area (Å²) in [6.45, 7) is 6.49. The average Bonchev–Trinajstić information content (AvgIpc) is 1.64. The Morgan fingerprint density at radius 1 is 1.22 bits per heavy atom. The molecule has 0 unspecified atom stereocenters. The second-order valence-corrected chi connectivity index (χ2v) is 4.81. The van der Waals surface area contributed by atoms with Crippen LogP contribution in [0.1, 0.15) is 13.8 Å². The molecule has 1 saturated heterocycles. The van der Waals surface area contributed by atoms with E-state index in [-0.39, 0.29) is 8.41 Å². The Morgan fingerprint density at radius 2 is 1.67 bits per heavy atom. The molecule has 3 heteroatoms. The Labute approximate surface area is 60.9 Å². The minimum Gasteiger partial charge on any atom is -0.380 e. The summed E-state index contributed by atoms with van der Waals surface area (Å²) in [4.78, 5) is 0. The van der Waals surface area contributed by atoms with Gasteiger partial charge in [-0.1, -0.05) is 13.8 Å². The monoisotopic (exact) mass is 146 g/mol. The molecule has 0 aromatic carbocycles. The average molecular weight is 146 g/mol. The molecule has 0 aromatic heterocycles. The summed E-state index contributed by atoms with van der Waals surface area (Å²) in [5.74, 6) is 0. The number of ether oxygens (including phenoxy) is 1. The van der Waals surface area contributed by atoms with Crippen molar-refractivity contribution in [1.29, 1.82) is 0 Å². The van der Waals surface area contributed by atoms with E-state index in [9.17, 15) is 0 Å². The maximum Gasteiger partial charge on any atom is 0.0814 e. The van der Waals surface area contributed by atoms with E-state index >= 15 is 0 Å². The van der Waals surface area contributed by atoms with Crippen molar-refractivity contribution in [2.45, 2.75) is 25.2 Å². The van der Waals surface area contributed by atoms with Gasteiger partial charge in [-0.15, -0.1) is 8.58 Å². The second-order valence-electron chi connectivity index (χ2n) is 2.51. The molecular weight excluding hydrogens is 130 g/mol. The predicted molar refractivity (Wildman–Crippen MR) is 48.0 cm³/mol. The third kappa shape index (κ3) is 3.22. The maximum absolute atomic E-state index is 5.30. The molecule has 0 amide bonds. The zero-order valence-corrected chi connectivity index (χ0v) is 6.48. The molecule has 54 valence electrons. The Balaban J connectivity index is 0.000000640. The van der Waals surface area contributed by atoms with Gasteiger partial charge in [0, 0.05) is 0 Å². The van der Waals surface area contributed by atoms with Crippen LogP contribution in [0.3, 0.4) is 0 Å². The first kappa shape index (κ1) is 9.45. The predicted octanol–water partition coefficient (Wildman–Crippen LogP) is 0.288. The zero-order chi connectivity index (χ0) is 5.98. The van der Waals surface area contributed by atoms with Gasteiger partial charge < -0.3 is 4.74 Å². The van der Waals surface area contributed by atoms with Gasteiger partial charge in [0.25, 0.3) is 0 Å². The van der Waals surface area contributed by atoms with Crippen LogP contribution in [0.2, 0.25) is 0 Å². The highest BCUT2D eigenvalue weighted by Crippen LogP contribution is 2.29. The van der Waals surface area contributed by atoms with Crippen LogP contribution in [-0.2, 0) is 4.74 Å². The topological polar surface area (TPSA) is 9.23 Å². The molecule has 1 fully saturated rings. The summed E-state index contributed by atoms with van der Waals surface area (Å²) < 4.78 is 5.30. The van der Waals surface area contributed by atoms with Crippen molar-refractivity contribution in [3.05, 3.63) is 0 Å². The highest BCUT2D eigenvalue weighted by atomic mass is 31.1. The van der Waals surface area contributed by atoms with Gasteiger partial charge in [0.1, 0.15) is 0 Å². The van der Waals surface area contributed by atoms with Crippen molar-refractivity contribution in [2.24, 2.45) is 0 Å². The van der Waals surface area contributed by atoms with Gasteiger partial charge >= 0.3 is 0 Å². The Kier molecular flexibility index (Phi) is 4.52. The molecule has 1 nitrogen and oxygen atoms in total. The fraction of sp³-hybridized carbons (Fsp3) is 1.00. The molecule has 2 atom stereocenters. The molecule has 1 aliphatic heterocycles. The minimum atomic E-state index is 0. The van der Waals surface area contributed by atoms with E-state index in [4.69, 9.17) is 4.74 Å². The van der Waals surface area contributed by atoms with Crippen LogP contribution in [0.5, 0.6) is 0 Å². The van der Waals surface area contributed by atoms with Crippen molar-refractivity contribution >= 4 is 17.0 Å². The van der Waals surface area contributed by atoms with Gasteiger partial charge in [-0.2, -0.15) is 0 Å². The number of hydrogen-bond acceptors (Lipinski definition) is 1. The first-order valence-corrected chi connectivity index (χ1v) is 4.28. The van der Waals surface area contributed by atoms with Crippen LogP contribution in [-0.4, -0.2) is 32.9 Å². The van der Waals surface area contributed by atoms with Crippen LogP contribution in [0.4, 0.5) is 0 Å². The zero-order valence-electron chi connectivity index (χ0n) is 5.48. The van der Waals surface area contributed by atoms with Crippen molar-refractivity contribution < 1.29 is 4.74 Å². The quantitative estimate of drug-likeness (QED) is 0.352. The number of hydrogen-bond donors (Lipinski definition) is 0. The lowest BCUT2D eigenvalue weighted by molar-refractivity contribution is 0.130. The lowest BCUT2D eigenvalue weighted by Gasteiger charge is -2.23. The van der Waals surface area contributed by atoms with Crippen molar-refractivity contribution in [3.8, 4) is 0 Å². The first-order chi connectivity index (χ1) is 3.79. The van der Waals surface area contributed by atoms with Crippen LogP contribution >= 0.6 is 8.58 Å². The summed E-state index contributed by atoms with van der Waals surface area (Å²) >= 11 is 0. The summed E-state index contributed by atoms with van der Waals surface area (Å²) in [7, 11) is 1.12.